The molecule has 1 fully saturated rings. The van der Waals surface area contributed by atoms with Crippen LogP contribution in [-0.4, -0.2) is 50.0 Å². The Morgan fingerprint density at radius 2 is 1.94 bits per heavy atom. The van der Waals surface area contributed by atoms with Crippen molar-refractivity contribution < 1.29 is 24.5 Å². The highest BCUT2D eigenvalue weighted by Gasteiger charge is 2.46. The third-order valence-electron chi connectivity index (χ3n) is 6.15. The second kappa shape index (κ2) is 9.95. The van der Waals surface area contributed by atoms with Gasteiger partial charge in [0.2, 0.25) is 0 Å². The Balaban J connectivity index is 1.84. The molecule has 1 atom stereocenters. The summed E-state index contributed by atoms with van der Waals surface area (Å²) in [4.78, 5) is 32.0. The minimum Gasteiger partial charge on any atom is -0.507 e. The number of aryl methyl sites for hydroxylation is 3. The predicted octanol–water partition coefficient (Wildman–Crippen LogP) is 4.49. The van der Waals surface area contributed by atoms with E-state index in [-0.39, 0.29) is 29.4 Å². The van der Waals surface area contributed by atoms with Crippen LogP contribution >= 0.6 is 15.9 Å². The number of imidazole rings is 1. The number of nitrogens with zero attached hydrogens (tertiary/aromatic N) is 3. The van der Waals surface area contributed by atoms with Crippen molar-refractivity contribution in [3.8, 4) is 11.5 Å². The van der Waals surface area contributed by atoms with E-state index in [4.69, 9.17) is 4.74 Å². The maximum absolute atomic E-state index is 13.3. The van der Waals surface area contributed by atoms with Crippen LogP contribution in [0.2, 0.25) is 0 Å². The number of ketones is 1. The molecule has 1 aliphatic heterocycles. The van der Waals surface area contributed by atoms with E-state index >= 15 is 0 Å². The second-order valence-electron chi connectivity index (χ2n) is 8.52. The number of carbonyl (C=O) groups is 2. The Bertz CT molecular complexity index is 1320. The quantitative estimate of drug-likeness (QED) is 0.260. The smallest absolute Gasteiger partial charge is 0.295 e. The molecule has 35 heavy (non-hydrogen) atoms. The highest BCUT2D eigenvalue weighted by Crippen LogP contribution is 2.44. The van der Waals surface area contributed by atoms with Gasteiger partial charge in [-0.05, 0) is 65.5 Å². The van der Waals surface area contributed by atoms with E-state index in [0.29, 0.717) is 28.6 Å². The Morgan fingerprint density at radius 1 is 1.17 bits per heavy atom. The van der Waals surface area contributed by atoms with E-state index in [2.05, 4.69) is 20.9 Å². The molecule has 0 radical (unpaired) electrons. The van der Waals surface area contributed by atoms with Crippen LogP contribution in [0.5, 0.6) is 11.5 Å². The molecular weight excluding hydrogens is 514 g/mol. The maximum atomic E-state index is 13.3. The number of aliphatic hydroxyl groups is 1. The number of amides is 1. The molecule has 0 saturated carbocycles. The zero-order valence-electron chi connectivity index (χ0n) is 19.7. The number of aliphatic hydroxyl groups excluding tert-OH is 1. The number of phenolic OH excluding ortho intramolecular Hbond substituents is 1. The van der Waals surface area contributed by atoms with Crippen molar-refractivity contribution in [1.82, 2.24) is 14.5 Å². The van der Waals surface area contributed by atoms with Crippen LogP contribution in [0.15, 0.2) is 59.1 Å². The summed E-state index contributed by atoms with van der Waals surface area (Å²) >= 11 is 3.33. The number of aromatic hydroxyl groups is 1. The molecule has 1 amide bonds. The predicted molar refractivity (Wildman–Crippen MR) is 134 cm³/mol. The van der Waals surface area contributed by atoms with Crippen LogP contribution in [0.4, 0.5) is 0 Å². The number of hydrogen-bond donors (Lipinski definition) is 2. The number of halogens is 1. The van der Waals surface area contributed by atoms with Gasteiger partial charge in [-0.15, -0.1) is 0 Å². The third-order valence-corrected chi connectivity index (χ3v) is 6.75. The number of aromatic nitrogens is 2. The number of hydrogen-bond acceptors (Lipinski definition) is 6. The SMILES string of the molecule is COc1cc(C2/C(=C(\O)c3cc(C)ccc3C)C(=O)C(=O)N2CCCn2ccnc2)cc(Br)c1O. The van der Waals surface area contributed by atoms with Gasteiger partial charge in [-0.3, -0.25) is 9.59 Å². The minimum absolute atomic E-state index is 0.00553. The van der Waals surface area contributed by atoms with Gasteiger partial charge in [0.05, 0.1) is 29.5 Å². The van der Waals surface area contributed by atoms with Crippen LogP contribution in [0.3, 0.4) is 0 Å². The zero-order valence-corrected chi connectivity index (χ0v) is 21.2. The Labute approximate surface area is 211 Å². The van der Waals surface area contributed by atoms with Crippen molar-refractivity contribution in [3.05, 3.63) is 81.4 Å². The van der Waals surface area contributed by atoms with E-state index < -0.39 is 17.7 Å². The molecular formula is C26H26BrN3O5. The lowest BCUT2D eigenvalue weighted by molar-refractivity contribution is -0.139. The number of Topliss-reactive ketones (excluding diaryl/α,β-unsaturated/α-hetero) is 1. The summed E-state index contributed by atoms with van der Waals surface area (Å²) < 4.78 is 7.54. The topological polar surface area (TPSA) is 105 Å². The molecule has 1 saturated heterocycles. The molecule has 9 heteroatoms. The van der Waals surface area contributed by atoms with Gasteiger partial charge in [0.25, 0.3) is 11.7 Å². The fourth-order valence-corrected chi connectivity index (χ4v) is 4.80. The van der Waals surface area contributed by atoms with Gasteiger partial charge in [0.1, 0.15) is 5.76 Å². The monoisotopic (exact) mass is 539 g/mol. The van der Waals surface area contributed by atoms with Gasteiger partial charge in [0.15, 0.2) is 11.5 Å². The molecule has 8 nitrogen and oxygen atoms in total. The van der Waals surface area contributed by atoms with Gasteiger partial charge in [-0.1, -0.05) is 17.7 Å². The van der Waals surface area contributed by atoms with Crippen LogP contribution < -0.4 is 4.74 Å². The lowest BCUT2D eigenvalue weighted by Gasteiger charge is -2.26. The number of ether oxygens (including phenoxy) is 1. The summed E-state index contributed by atoms with van der Waals surface area (Å²) in [6.45, 7) is 4.61. The van der Waals surface area contributed by atoms with E-state index in [9.17, 15) is 19.8 Å². The summed E-state index contributed by atoms with van der Waals surface area (Å²) in [5, 5.41) is 21.7. The van der Waals surface area contributed by atoms with E-state index in [1.165, 1.54) is 12.0 Å². The second-order valence-corrected chi connectivity index (χ2v) is 9.37. The lowest BCUT2D eigenvalue weighted by atomic mass is 9.93. The molecule has 0 spiro atoms. The van der Waals surface area contributed by atoms with Crippen LogP contribution in [0.1, 0.15) is 34.7 Å². The highest BCUT2D eigenvalue weighted by atomic mass is 79.9. The summed E-state index contributed by atoms with van der Waals surface area (Å²) in [7, 11) is 1.42. The first-order chi connectivity index (χ1) is 16.7. The van der Waals surface area contributed by atoms with Crippen molar-refractivity contribution in [2.24, 2.45) is 0 Å². The average Bonchev–Trinajstić information content (AvgIpc) is 3.44. The fraction of sp³-hybridized carbons (Fsp3) is 0.269. The van der Waals surface area contributed by atoms with Gasteiger partial charge in [-0.25, -0.2) is 4.98 Å². The lowest BCUT2D eigenvalue weighted by Crippen LogP contribution is -2.31. The van der Waals surface area contributed by atoms with E-state index in [1.807, 2.05) is 36.7 Å². The minimum atomic E-state index is -0.858. The summed E-state index contributed by atoms with van der Waals surface area (Å²) in [5.41, 5.74) is 2.72. The summed E-state index contributed by atoms with van der Waals surface area (Å²) in [6, 6.07) is 7.93. The van der Waals surface area contributed by atoms with Gasteiger partial charge < -0.3 is 24.4 Å². The fourth-order valence-electron chi connectivity index (χ4n) is 4.34. The number of likely N-dealkylation sites (tertiary alicyclic amines) is 1. The van der Waals surface area contributed by atoms with Gasteiger partial charge in [-0.2, -0.15) is 0 Å². The first-order valence-corrected chi connectivity index (χ1v) is 11.9. The highest BCUT2D eigenvalue weighted by molar-refractivity contribution is 9.10. The van der Waals surface area contributed by atoms with E-state index in [1.54, 1.807) is 30.7 Å². The van der Waals surface area contributed by atoms with Crippen LogP contribution in [-0.2, 0) is 16.1 Å². The normalized spacial score (nSPS) is 17.3. The molecule has 0 bridgehead atoms. The van der Waals surface area contributed by atoms with Crippen molar-refractivity contribution >= 4 is 33.4 Å². The number of benzene rings is 2. The average molecular weight is 540 g/mol. The standard InChI is InChI=1S/C26H26BrN3O5/c1-15-5-6-16(2)18(11-15)23(31)21-22(17-12-19(27)24(32)20(13-17)35-3)30(26(34)25(21)33)9-4-8-29-10-7-28-14-29/h5-7,10-14,22,31-32H,4,8-9H2,1-3H3/b23-21+. The molecule has 1 aliphatic rings. The Hall–Kier alpha value is -3.59. The van der Waals surface area contributed by atoms with Gasteiger partial charge in [0, 0.05) is 31.0 Å². The Kier molecular flexibility index (Phi) is 6.98. The molecule has 3 aromatic rings. The first kappa shape index (κ1) is 24.5. The molecule has 4 rings (SSSR count). The van der Waals surface area contributed by atoms with Crippen LogP contribution in [0.25, 0.3) is 5.76 Å². The van der Waals surface area contributed by atoms with Crippen molar-refractivity contribution in [2.45, 2.75) is 32.9 Å². The Morgan fingerprint density at radius 3 is 2.63 bits per heavy atom. The molecule has 2 heterocycles. The largest absolute Gasteiger partial charge is 0.507 e. The van der Waals surface area contributed by atoms with Crippen molar-refractivity contribution in [1.29, 1.82) is 0 Å². The maximum Gasteiger partial charge on any atom is 0.295 e. The number of rotatable bonds is 7. The molecule has 1 unspecified atom stereocenters. The molecule has 1 aromatic heterocycles. The van der Waals surface area contributed by atoms with Crippen molar-refractivity contribution in [2.75, 3.05) is 13.7 Å². The zero-order chi connectivity index (χ0) is 25.3. The van der Waals surface area contributed by atoms with E-state index in [0.717, 1.165) is 11.1 Å². The summed E-state index contributed by atoms with van der Waals surface area (Å²) in [6.07, 6.45) is 5.76. The first-order valence-electron chi connectivity index (χ1n) is 11.1. The third kappa shape index (κ3) is 4.68. The molecule has 182 valence electrons. The number of phenols is 1. The summed E-state index contributed by atoms with van der Waals surface area (Å²) in [5.74, 6) is -1.57. The molecule has 2 N–H and O–H groups in total. The van der Waals surface area contributed by atoms with Gasteiger partial charge >= 0.3 is 0 Å². The molecule has 0 aliphatic carbocycles. The number of methoxy groups -OCH3 is 1. The van der Waals surface area contributed by atoms with Crippen LogP contribution in [0, 0.1) is 13.8 Å². The molecule has 2 aromatic carbocycles. The van der Waals surface area contributed by atoms with Crippen molar-refractivity contribution in [3.63, 3.8) is 0 Å². The number of carbonyl (C=O) groups excluding carboxylic acids is 2.